The van der Waals surface area contributed by atoms with Gasteiger partial charge in [0.25, 0.3) is 5.91 Å². The number of imide groups is 1. The number of aromatic hydroxyl groups is 1. The Morgan fingerprint density at radius 2 is 2.03 bits per heavy atom. The lowest BCUT2D eigenvalue weighted by molar-refractivity contribution is -0.128. The summed E-state index contributed by atoms with van der Waals surface area (Å²) in [5.41, 5.74) is 3.05. The van der Waals surface area contributed by atoms with Gasteiger partial charge in [0.1, 0.15) is 17.6 Å². The molecule has 190 valence electrons. The van der Waals surface area contributed by atoms with Gasteiger partial charge in [-0.2, -0.15) is 0 Å². The Kier molecular flexibility index (Phi) is 6.43. The van der Waals surface area contributed by atoms with Crippen LogP contribution in [0.2, 0.25) is 5.02 Å². The number of nitrogens with one attached hydrogen (secondary N) is 1. The molecule has 9 heteroatoms. The number of aromatic amines is 1. The molecule has 2 N–H and O–H groups in total. The third-order valence-electron chi connectivity index (χ3n) is 7.50. The molecule has 7 nitrogen and oxygen atoms in total. The normalized spacial score (nSPS) is 19.6. The monoisotopic (exact) mass is 512 g/mol. The number of aromatic nitrogens is 1. The van der Waals surface area contributed by atoms with Crippen LogP contribution in [-0.4, -0.2) is 68.9 Å². The summed E-state index contributed by atoms with van der Waals surface area (Å²) in [6.45, 7) is 5.34. The van der Waals surface area contributed by atoms with Crippen LogP contribution < -0.4 is 0 Å². The number of carbonyl (C=O) groups excluding carboxylic acids is 2. The first-order chi connectivity index (χ1) is 17.2. The zero-order valence-corrected chi connectivity index (χ0v) is 21.3. The number of carbonyl (C=O) groups is 2. The Bertz CT molecular complexity index is 1340. The fourth-order valence-electron chi connectivity index (χ4n) is 5.35. The Balaban J connectivity index is 1.52. The highest BCUT2D eigenvalue weighted by molar-refractivity contribution is 6.31. The lowest BCUT2D eigenvalue weighted by atomic mass is 9.89. The average Bonchev–Trinajstić information content (AvgIpc) is 3.29. The molecule has 0 spiro atoms. The number of hydrogen-bond acceptors (Lipinski definition) is 4. The molecule has 36 heavy (non-hydrogen) atoms. The molecule has 3 heterocycles. The van der Waals surface area contributed by atoms with E-state index < -0.39 is 17.9 Å². The molecule has 2 atom stereocenters. The summed E-state index contributed by atoms with van der Waals surface area (Å²) in [5.74, 6) is -0.607. The summed E-state index contributed by atoms with van der Waals surface area (Å²) in [7, 11) is 2.03. The van der Waals surface area contributed by atoms with E-state index in [2.05, 4.69) is 23.7 Å². The van der Waals surface area contributed by atoms with Gasteiger partial charge in [0.05, 0.1) is 11.1 Å². The second-order valence-electron chi connectivity index (χ2n) is 10.0. The first kappa shape index (κ1) is 24.6. The number of H-pyrrole nitrogens is 1. The summed E-state index contributed by atoms with van der Waals surface area (Å²) in [4.78, 5) is 35.7. The molecule has 1 saturated heterocycles. The third kappa shape index (κ3) is 4.22. The van der Waals surface area contributed by atoms with Crippen molar-refractivity contribution in [2.24, 2.45) is 0 Å². The molecule has 3 amide bonds. The van der Waals surface area contributed by atoms with Gasteiger partial charge in [0, 0.05) is 35.6 Å². The van der Waals surface area contributed by atoms with Crippen LogP contribution in [0, 0.1) is 5.82 Å². The van der Waals surface area contributed by atoms with E-state index >= 15 is 0 Å². The van der Waals surface area contributed by atoms with Gasteiger partial charge in [0.2, 0.25) is 0 Å². The maximum absolute atomic E-state index is 14.2. The first-order valence-corrected chi connectivity index (χ1v) is 12.6. The van der Waals surface area contributed by atoms with Gasteiger partial charge < -0.3 is 19.9 Å². The molecule has 2 aliphatic rings. The van der Waals surface area contributed by atoms with Crippen LogP contribution in [0.1, 0.15) is 43.1 Å². The molecule has 1 fully saturated rings. The van der Waals surface area contributed by atoms with Crippen molar-refractivity contribution in [1.29, 1.82) is 0 Å². The van der Waals surface area contributed by atoms with Crippen LogP contribution in [0.25, 0.3) is 10.9 Å². The van der Waals surface area contributed by atoms with Gasteiger partial charge in [-0.1, -0.05) is 23.7 Å². The average molecular weight is 513 g/mol. The maximum atomic E-state index is 14.2. The van der Waals surface area contributed by atoms with Crippen molar-refractivity contribution in [3.05, 3.63) is 64.1 Å². The number of nitrogens with zero attached hydrogens (tertiary/aromatic N) is 3. The van der Waals surface area contributed by atoms with Crippen LogP contribution in [-0.2, 0) is 17.6 Å². The molecule has 2 aliphatic heterocycles. The van der Waals surface area contributed by atoms with E-state index in [4.69, 9.17) is 11.6 Å². The van der Waals surface area contributed by atoms with E-state index in [1.165, 1.54) is 11.0 Å². The van der Waals surface area contributed by atoms with Crippen molar-refractivity contribution in [2.45, 2.75) is 51.2 Å². The molecular weight excluding hydrogens is 483 g/mol. The topological polar surface area (TPSA) is 79.9 Å². The zero-order chi connectivity index (χ0) is 25.7. The van der Waals surface area contributed by atoms with Gasteiger partial charge in [-0.05, 0) is 75.7 Å². The molecule has 0 aliphatic carbocycles. The van der Waals surface area contributed by atoms with E-state index in [1.807, 2.05) is 13.1 Å². The van der Waals surface area contributed by atoms with E-state index in [1.54, 1.807) is 29.2 Å². The summed E-state index contributed by atoms with van der Waals surface area (Å²) in [5, 5.41) is 10.8. The molecule has 0 saturated carbocycles. The van der Waals surface area contributed by atoms with Crippen LogP contribution in [0.4, 0.5) is 9.18 Å². The maximum Gasteiger partial charge on any atom is 0.328 e. The van der Waals surface area contributed by atoms with E-state index in [-0.39, 0.29) is 22.7 Å². The number of phenols is 1. The van der Waals surface area contributed by atoms with Gasteiger partial charge in [-0.3, -0.25) is 9.69 Å². The minimum Gasteiger partial charge on any atom is -0.508 e. The number of amides is 3. The Morgan fingerprint density at radius 1 is 1.25 bits per heavy atom. The highest BCUT2D eigenvalue weighted by atomic mass is 35.5. The van der Waals surface area contributed by atoms with E-state index in [0.29, 0.717) is 37.4 Å². The second kappa shape index (κ2) is 9.41. The van der Waals surface area contributed by atoms with Crippen LogP contribution in [0.15, 0.2) is 36.4 Å². The summed E-state index contributed by atoms with van der Waals surface area (Å²) in [6.07, 6.45) is 1.41. The highest BCUT2D eigenvalue weighted by Crippen LogP contribution is 2.43. The second-order valence-corrected chi connectivity index (χ2v) is 10.5. The standard InChI is InChI=1S/C27H30ClFN4O3/c1-15(2)31(3)8-5-9-32-26(35)24-13-19-18-12-20(28)21(29)14-22(18)30-25(19)23(33(24)27(32)36)11-16-6-4-7-17(34)10-16/h4,6-7,10,12,14-15,23-24,30,34H,5,8-9,11,13H2,1-3H3/t23?,24-/m0/s1. The first-order valence-electron chi connectivity index (χ1n) is 12.3. The molecule has 2 aromatic carbocycles. The molecular formula is C27H30ClFN4O3. The molecule has 1 unspecified atom stereocenters. The largest absolute Gasteiger partial charge is 0.508 e. The van der Waals surface area contributed by atoms with Crippen molar-refractivity contribution in [1.82, 2.24) is 19.7 Å². The number of hydrogen-bond donors (Lipinski definition) is 2. The third-order valence-corrected chi connectivity index (χ3v) is 7.79. The Labute approximate surface area is 214 Å². The van der Waals surface area contributed by atoms with Crippen molar-refractivity contribution in [2.75, 3.05) is 20.1 Å². The van der Waals surface area contributed by atoms with Crippen molar-refractivity contribution in [3.63, 3.8) is 0 Å². The van der Waals surface area contributed by atoms with Crippen molar-refractivity contribution in [3.8, 4) is 5.75 Å². The van der Waals surface area contributed by atoms with Crippen LogP contribution >= 0.6 is 11.6 Å². The quantitative estimate of drug-likeness (QED) is 0.443. The predicted octanol–water partition coefficient (Wildman–Crippen LogP) is 4.87. The summed E-state index contributed by atoms with van der Waals surface area (Å²) >= 11 is 6.10. The number of benzene rings is 2. The van der Waals surface area contributed by atoms with Crippen LogP contribution in [0.3, 0.4) is 0 Å². The fourth-order valence-corrected chi connectivity index (χ4v) is 5.52. The van der Waals surface area contributed by atoms with E-state index in [0.717, 1.165) is 28.8 Å². The zero-order valence-electron chi connectivity index (χ0n) is 20.6. The predicted molar refractivity (Wildman–Crippen MR) is 137 cm³/mol. The van der Waals surface area contributed by atoms with Gasteiger partial charge in [-0.25, -0.2) is 9.18 Å². The number of phenolic OH excluding ortho intramolecular Hbond substituents is 1. The SMILES string of the molecule is CC(C)N(C)CCCN1C(=O)[C@@H]2Cc3c([nH]c4cc(F)c(Cl)cc34)C(Cc3cccc(O)c3)N2C1=O. The fraction of sp³-hybridized carbons (Fsp3) is 0.407. The lowest BCUT2D eigenvalue weighted by Gasteiger charge is -2.36. The number of rotatable bonds is 7. The number of urea groups is 1. The molecule has 5 rings (SSSR count). The Morgan fingerprint density at radius 3 is 2.75 bits per heavy atom. The van der Waals surface area contributed by atoms with Gasteiger partial charge in [-0.15, -0.1) is 0 Å². The molecule has 0 radical (unpaired) electrons. The van der Waals surface area contributed by atoms with Crippen LogP contribution in [0.5, 0.6) is 5.75 Å². The summed E-state index contributed by atoms with van der Waals surface area (Å²) in [6, 6.07) is 8.77. The van der Waals surface area contributed by atoms with Gasteiger partial charge in [0.15, 0.2) is 0 Å². The summed E-state index contributed by atoms with van der Waals surface area (Å²) < 4.78 is 14.2. The van der Waals surface area contributed by atoms with Crippen molar-refractivity contribution < 1.29 is 19.1 Å². The minimum atomic E-state index is -0.641. The minimum absolute atomic E-state index is 0.0148. The smallest absolute Gasteiger partial charge is 0.328 e. The van der Waals surface area contributed by atoms with Crippen molar-refractivity contribution >= 4 is 34.4 Å². The molecule has 0 bridgehead atoms. The number of fused-ring (bicyclic) bond motifs is 4. The molecule has 3 aromatic rings. The number of halogens is 2. The van der Waals surface area contributed by atoms with E-state index in [9.17, 15) is 19.1 Å². The molecule has 1 aromatic heterocycles. The lowest BCUT2D eigenvalue weighted by Crippen LogP contribution is -2.44. The van der Waals surface area contributed by atoms with Gasteiger partial charge >= 0.3 is 6.03 Å². The Hall–Kier alpha value is -3.10. The highest BCUT2D eigenvalue weighted by Gasteiger charge is 2.51.